The van der Waals surface area contributed by atoms with E-state index in [-0.39, 0.29) is 17.3 Å². The van der Waals surface area contributed by atoms with Gasteiger partial charge in [-0.05, 0) is 54.8 Å². The van der Waals surface area contributed by atoms with E-state index in [0.717, 1.165) is 58.0 Å². The molecule has 1 saturated carbocycles. The fourth-order valence-corrected chi connectivity index (χ4v) is 5.72. The Kier molecular flexibility index (Phi) is 6.47. The first-order valence-electron chi connectivity index (χ1n) is 12.7. The minimum atomic E-state index is -0.249. The number of rotatable bonds is 5. The Morgan fingerprint density at radius 1 is 1.00 bits per heavy atom. The van der Waals surface area contributed by atoms with Crippen molar-refractivity contribution in [2.45, 2.75) is 44.6 Å². The molecule has 3 aromatic carbocycles. The molecule has 2 heterocycles. The van der Waals surface area contributed by atoms with Crippen LogP contribution in [0.25, 0.3) is 21.8 Å². The van der Waals surface area contributed by atoms with E-state index in [9.17, 15) is 9.18 Å². The van der Waals surface area contributed by atoms with Crippen LogP contribution in [0.2, 0.25) is 0 Å². The highest BCUT2D eigenvalue weighted by Crippen LogP contribution is 2.32. The fourth-order valence-electron chi connectivity index (χ4n) is 5.36. The Morgan fingerprint density at radius 2 is 1.84 bits per heavy atom. The predicted molar refractivity (Wildman–Crippen MR) is 150 cm³/mol. The lowest BCUT2D eigenvalue weighted by Crippen LogP contribution is -2.25. The summed E-state index contributed by atoms with van der Waals surface area (Å²) in [7, 11) is 0. The minimum absolute atomic E-state index is 0.161. The largest absolute Gasteiger partial charge is 0.342 e. The Morgan fingerprint density at radius 3 is 2.68 bits per heavy atom. The number of nitrogens with zero attached hydrogens (tertiary/aromatic N) is 4. The molecule has 1 aliphatic rings. The molecule has 0 atom stereocenters. The van der Waals surface area contributed by atoms with E-state index in [1.807, 2.05) is 54.7 Å². The molecule has 37 heavy (non-hydrogen) atoms. The zero-order valence-corrected chi connectivity index (χ0v) is 21.9. The fraction of sp³-hybridized carbons (Fsp3) is 0.233. The van der Waals surface area contributed by atoms with Crippen molar-refractivity contribution >= 4 is 44.0 Å². The van der Waals surface area contributed by atoms with Crippen molar-refractivity contribution < 1.29 is 4.39 Å². The quantitative estimate of drug-likeness (QED) is 0.214. The predicted octanol–water partition coefficient (Wildman–Crippen LogP) is 7.23. The van der Waals surface area contributed by atoms with E-state index in [4.69, 9.17) is 10.1 Å². The molecule has 0 spiro atoms. The molecule has 186 valence electrons. The second-order valence-corrected chi connectivity index (χ2v) is 10.6. The van der Waals surface area contributed by atoms with Crippen LogP contribution < -0.4 is 5.56 Å². The average Bonchev–Trinajstić information content (AvgIpc) is 3.26. The SMILES string of the molecule is O=c1c2cc(Br)ccc2nc(C2CCCCC2)n1N=Cc1cn(Cc2cccc(F)c2)c2ccccc12. The number of aromatic nitrogens is 3. The number of fused-ring (bicyclic) bond motifs is 2. The van der Waals surface area contributed by atoms with Gasteiger partial charge in [-0.15, -0.1) is 0 Å². The topological polar surface area (TPSA) is 52.2 Å². The van der Waals surface area contributed by atoms with Crippen molar-refractivity contribution in [3.63, 3.8) is 0 Å². The van der Waals surface area contributed by atoms with E-state index in [2.05, 4.69) is 20.5 Å². The number of hydrogen-bond donors (Lipinski definition) is 0. The van der Waals surface area contributed by atoms with Crippen LogP contribution in [0.3, 0.4) is 0 Å². The molecule has 5 aromatic rings. The summed E-state index contributed by atoms with van der Waals surface area (Å²) in [6.07, 6.45) is 9.27. The van der Waals surface area contributed by atoms with E-state index in [0.29, 0.717) is 17.4 Å². The molecule has 1 aliphatic carbocycles. The molecule has 0 amide bonds. The van der Waals surface area contributed by atoms with E-state index < -0.39 is 0 Å². The second kappa shape index (κ2) is 10.1. The maximum atomic E-state index is 13.8. The maximum absolute atomic E-state index is 13.8. The third kappa shape index (κ3) is 4.76. The molecular formula is C30H26BrFN4O. The Labute approximate surface area is 222 Å². The molecular weight excluding hydrogens is 531 g/mol. The highest BCUT2D eigenvalue weighted by atomic mass is 79.9. The zero-order valence-electron chi connectivity index (χ0n) is 20.3. The van der Waals surface area contributed by atoms with Gasteiger partial charge in [-0.3, -0.25) is 4.79 Å². The molecule has 0 aliphatic heterocycles. The normalized spacial score (nSPS) is 14.8. The van der Waals surface area contributed by atoms with Gasteiger partial charge in [0.25, 0.3) is 5.56 Å². The number of halogens is 2. The van der Waals surface area contributed by atoms with Crippen molar-refractivity contribution in [2.24, 2.45) is 5.10 Å². The first kappa shape index (κ1) is 23.8. The third-order valence-corrected chi connectivity index (χ3v) is 7.67. The van der Waals surface area contributed by atoms with Gasteiger partial charge < -0.3 is 4.57 Å². The molecule has 0 saturated heterocycles. The van der Waals surface area contributed by atoms with Gasteiger partial charge in [-0.2, -0.15) is 9.78 Å². The van der Waals surface area contributed by atoms with Crippen LogP contribution in [0, 0.1) is 5.82 Å². The van der Waals surface area contributed by atoms with Crippen molar-refractivity contribution in [1.29, 1.82) is 0 Å². The Balaban J connectivity index is 1.46. The molecule has 0 unspecified atom stereocenters. The molecule has 2 aromatic heterocycles. The summed E-state index contributed by atoms with van der Waals surface area (Å²) < 4.78 is 18.2. The summed E-state index contributed by atoms with van der Waals surface area (Å²) in [5.41, 5.74) is 3.33. The van der Waals surface area contributed by atoms with Crippen molar-refractivity contribution in [3.8, 4) is 0 Å². The van der Waals surface area contributed by atoms with E-state index in [1.165, 1.54) is 17.2 Å². The van der Waals surface area contributed by atoms with Crippen LogP contribution in [0.5, 0.6) is 0 Å². The number of benzene rings is 3. The van der Waals surface area contributed by atoms with E-state index >= 15 is 0 Å². The van der Waals surface area contributed by atoms with Gasteiger partial charge in [0.05, 0.1) is 17.1 Å². The van der Waals surface area contributed by atoms with Gasteiger partial charge in [0, 0.05) is 39.6 Å². The van der Waals surface area contributed by atoms with Crippen LogP contribution in [0.1, 0.15) is 55.0 Å². The van der Waals surface area contributed by atoms with Gasteiger partial charge in [0.2, 0.25) is 0 Å². The number of hydrogen-bond acceptors (Lipinski definition) is 3. The average molecular weight is 557 g/mol. The van der Waals surface area contributed by atoms with Gasteiger partial charge >= 0.3 is 0 Å². The summed E-state index contributed by atoms with van der Waals surface area (Å²) in [5.74, 6) is 0.695. The van der Waals surface area contributed by atoms with Crippen molar-refractivity contribution in [2.75, 3.05) is 0 Å². The van der Waals surface area contributed by atoms with Crippen LogP contribution >= 0.6 is 15.9 Å². The lowest BCUT2D eigenvalue weighted by molar-refractivity contribution is 0.416. The van der Waals surface area contributed by atoms with Gasteiger partial charge in [0.1, 0.15) is 11.6 Å². The molecule has 0 N–H and O–H groups in total. The zero-order chi connectivity index (χ0) is 25.4. The molecule has 7 heteroatoms. The second-order valence-electron chi connectivity index (χ2n) is 9.69. The van der Waals surface area contributed by atoms with Crippen molar-refractivity contribution in [1.82, 2.24) is 14.2 Å². The summed E-state index contributed by atoms with van der Waals surface area (Å²) in [4.78, 5) is 18.6. The highest BCUT2D eigenvalue weighted by molar-refractivity contribution is 9.10. The minimum Gasteiger partial charge on any atom is -0.342 e. The first-order valence-corrected chi connectivity index (χ1v) is 13.4. The van der Waals surface area contributed by atoms with E-state index in [1.54, 1.807) is 18.3 Å². The summed E-state index contributed by atoms with van der Waals surface area (Å²) in [6, 6.07) is 20.3. The highest BCUT2D eigenvalue weighted by Gasteiger charge is 2.22. The summed E-state index contributed by atoms with van der Waals surface area (Å²) >= 11 is 3.48. The smallest absolute Gasteiger partial charge is 0.282 e. The lowest BCUT2D eigenvalue weighted by atomic mass is 9.88. The maximum Gasteiger partial charge on any atom is 0.282 e. The summed E-state index contributed by atoms with van der Waals surface area (Å²) in [5, 5.41) is 6.30. The molecule has 6 rings (SSSR count). The first-order chi connectivity index (χ1) is 18.1. The van der Waals surface area contributed by atoms with Crippen LogP contribution in [0.4, 0.5) is 4.39 Å². The standard InChI is InChI=1S/C30H26BrFN4O/c31-23-13-14-27-26(16-23)30(37)36(29(34-27)21-8-2-1-3-9-21)33-17-22-19-35(28-12-5-4-11-25(22)28)18-20-7-6-10-24(32)15-20/h4-7,10-17,19,21H,1-3,8-9,18H2. The monoisotopic (exact) mass is 556 g/mol. The molecule has 0 radical (unpaired) electrons. The molecule has 5 nitrogen and oxygen atoms in total. The van der Waals surface area contributed by atoms with Crippen LogP contribution in [-0.4, -0.2) is 20.4 Å². The summed E-state index contributed by atoms with van der Waals surface area (Å²) in [6.45, 7) is 0.533. The third-order valence-electron chi connectivity index (χ3n) is 7.18. The van der Waals surface area contributed by atoms with Crippen molar-refractivity contribution in [3.05, 3.63) is 111 Å². The molecule has 1 fully saturated rings. The Bertz CT molecular complexity index is 1700. The molecule has 0 bridgehead atoms. The van der Waals surface area contributed by atoms with Gasteiger partial charge in [0.15, 0.2) is 0 Å². The lowest BCUT2D eigenvalue weighted by Gasteiger charge is -2.22. The van der Waals surface area contributed by atoms with Gasteiger partial charge in [-0.25, -0.2) is 9.37 Å². The Hall–Kier alpha value is -3.58. The van der Waals surface area contributed by atoms with Gasteiger partial charge in [-0.1, -0.05) is 65.5 Å². The number of para-hydroxylation sites is 1. The van der Waals surface area contributed by atoms with Crippen LogP contribution in [0.15, 0.2) is 87.3 Å². The van der Waals surface area contributed by atoms with Crippen LogP contribution in [-0.2, 0) is 6.54 Å².